The van der Waals surface area contributed by atoms with Crippen LogP contribution in [0.5, 0.6) is 5.88 Å². The van der Waals surface area contributed by atoms with Crippen LogP contribution in [0.4, 0.5) is 10.1 Å². The van der Waals surface area contributed by atoms with Gasteiger partial charge >= 0.3 is 0 Å². The molecule has 9 nitrogen and oxygen atoms in total. The van der Waals surface area contributed by atoms with Crippen LogP contribution in [0.3, 0.4) is 0 Å². The van der Waals surface area contributed by atoms with Crippen molar-refractivity contribution in [2.24, 2.45) is 10.7 Å². The average Bonchev–Trinajstić information content (AvgIpc) is 3.27. The fourth-order valence-electron chi connectivity index (χ4n) is 2.89. The third kappa shape index (κ3) is 4.72. The van der Waals surface area contributed by atoms with Gasteiger partial charge in [-0.1, -0.05) is 11.8 Å². The molecule has 11 heteroatoms. The van der Waals surface area contributed by atoms with Crippen molar-refractivity contribution >= 4 is 28.5 Å². The maximum absolute atomic E-state index is 14.5. The molecule has 0 radical (unpaired) electrons. The third-order valence-corrected chi connectivity index (χ3v) is 5.07. The van der Waals surface area contributed by atoms with Crippen molar-refractivity contribution in [2.45, 2.75) is 19.1 Å². The summed E-state index contributed by atoms with van der Waals surface area (Å²) in [5.74, 6) is -0.0544. The van der Waals surface area contributed by atoms with Crippen molar-refractivity contribution in [1.82, 2.24) is 19.9 Å². The minimum atomic E-state index is -0.965. The summed E-state index contributed by atoms with van der Waals surface area (Å²) in [7, 11) is 0. The highest BCUT2D eigenvalue weighted by molar-refractivity contribution is 8.16. The van der Waals surface area contributed by atoms with Crippen LogP contribution in [0.25, 0.3) is 0 Å². The summed E-state index contributed by atoms with van der Waals surface area (Å²) in [5, 5.41) is 4.79. The number of aromatic nitrogens is 4. The molecule has 0 saturated heterocycles. The van der Waals surface area contributed by atoms with E-state index in [0.717, 1.165) is 0 Å². The lowest BCUT2D eigenvalue weighted by molar-refractivity contribution is 0.102. The first-order chi connectivity index (χ1) is 14.9. The molecule has 1 aliphatic rings. The molecule has 0 bridgehead atoms. The predicted octanol–water partition coefficient (Wildman–Crippen LogP) is 2.96. The van der Waals surface area contributed by atoms with E-state index in [9.17, 15) is 9.18 Å². The van der Waals surface area contributed by atoms with Crippen molar-refractivity contribution in [3.63, 3.8) is 0 Å². The van der Waals surface area contributed by atoms with Crippen LogP contribution in [0.2, 0.25) is 0 Å². The zero-order chi connectivity index (χ0) is 21.8. The molecule has 0 saturated carbocycles. The van der Waals surface area contributed by atoms with Gasteiger partial charge in [0.15, 0.2) is 5.17 Å². The molecular formula is C20H18FN7O2S. The Bertz CT molecular complexity index is 1150. The highest BCUT2D eigenvalue weighted by atomic mass is 32.2. The quantitative estimate of drug-likeness (QED) is 0.538. The van der Waals surface area contributed by atoms with Crippen LogP contribution in [-0.4, -0.2) is 31.0 Å². The van der Waals surface area contributed by atoms with E-state index < -0.39 is 17.3 Å². The third-order valence-electron chi connectivity index (χ3n) is 4.47. The molecule has 0 fully saturated rings. The Balaban J connectivity index is 1.46. The summed E-state index contributed by atoms with van der Waals surface area (Å²) in [6.07, 6.45) is 7.69. The van der Waals surface area contributed by atoms with E-state index in [1.807, 2.05) is 0 Å². The Kier molecular flexibility index (Phi) is 5.67. The molecule has 1 amide bonds. The van der Waals surface area contributed by atoms with Crippen LogP contribution in [-0.2, 0) is 12.1 Å². The van der Waals surface area contributed by atoms with Gasteiger partial charge in [0.2, 0.25) is 5.88 Å². The maximum Gasteiger partial charge on any atom is 0.275 e. The molecule has 1 aliphatic heterocycles. The first-order valence-corrected chi connectivity index (χ1v) is 10.0. The van der Waals surface area contributed by atoms with E-state index in [4.69, 9.17) is 10.5 Å². The molecule has 1 aromatic carbocycles. The van der Waals surface area contributed by atoms with Crippen LogP contribution in [0.15, 0.2) is 59.5 Å². The smallest absolute Gasteiger partial charge is 0.275 e. The second-order valence-corrected chi connectivity index (χ2v) is 7.66. The van der Waals surface area contributed by atoms with E-state index in [0.29, 0.717) is 16.7 Å². The van der Waals surface area contributed by atoms with Gasteiger partial charge in [-0.3, -0.25) is 4.79 Å². The van der Waals surface area contributed by atoms with Gasteiger partial charge in [-0.25, -0.2) is 24.3 Å². The highest BCUT2D eigenvalue weighted by Gasteiger charge is 2.29. The van der Waals surface area contributed by atoms with Crippen LogP contribution >= 0.6 is 11.8 Å². The minimum Gasteiger partial charge on any atom is -0.468 e. The zero-order valence-corrected chi connectivity index (χ0v) is 17.2. The molecule has 4 rings (SSSR count). The molecule has 3 heterocycles. The summed E-state index contributed by atoms with van der Waals surface area (Å²) in [5.41, 5.74) is 5.59. The standard InChI is InChI=1S/C20H18FN7O2S/c1-20(4-7-31-19(22)28-20)13-8-12(2-3-14(13)21)27-18(29)15-9-26-17(10-25-15)30-11-16-23-5-6-24-16/h2-10H,11H2,1H3,(H2,22,28)(H,23,24)(H,27,29)/t20-/m0/s1. The van der Waals surface area contributed by atoms with E-state index in [-0.39, 0.29) is 23.7 Å². The van der Waals surface area contributed by atoms with Gasteiger partial charge in [0, 0.05) is 23.6 Å². The highest BCUT2D eigenvalue weighted by Crippen LogP contribution is 2.35. The van der Waals surface area contributed by atoms with Crippen molar-refractivity contribution in [2.75, 3.05) is 5.32 Å². The Labute approximate surface area is 181 Å². The summed E-state index contributed by atoms with van der Waals surface area (Å²) in [6, 6.07) is 4.26. The normalized spacial score (nSPS) is 17.8. The number of aliphatic imine (C=N–C) groups is 1. The number of nitrogens with one attached hydrogen (secondary N) is 2. The van der Waals surface area contributed by atoms with Crippen molar-refractivity contribution < 1.29 is 13.9 Å². The first kappa shape index (κ1) is 20.5. The number of thioether (sulfide) groups is 1. The number of carbonyl (C=O) groups is 1. The van der Waals surface area contributed by atoms with Gasteiger partial charge in [-0.2, -0.15) is 0 Å². The summed E-state index contributed by atoms with van der Waals surface area (Å²) >= 11 is 1.26. The van der Waals surface area contributed by atoms with Crippen molar-refractivity contribution in [3.8, 4) is 5.88 Å². The van der Waals surface area contributed by atoms with Crippen LogP contribution in [0.1, 0.15) is 28.8 Å². The van der Waals surface area contributed by atoms with Crippen LogP contribution < -0.4 is 15.8 Å². The average molecular weight is 439 g/mol. The summed E-state index contributed by atoms with van der Waals surface area (Å²) in [6.45, 7) is 1.94. The minimum absolute atomic E-state index is 0.0821. The van der Waals surface area contributed by atoms with Gasteiger partial charge in [-0.15, -0.1) is 0 Å². The van der Waals surface area contributed by atoms with Gasteiger partial charge in [-0.05, 0) is 36.6 Å². The molecule has 3 aromatic rings. The number of amides is 1. The molecule has 0 unspecified atom stereocenters. The fraction of sp³-hybridized carbons (Fsp3) is 0.150. The number of carbonyl (C=O) groups excluding carboxylic acids is 1. The maximum atomic E-state index is 14.5. The van der Waals surface area contributed by atoms with E-state index >= 15 is 0 Å². The van der Waals surface area contributed by atoms with Gasteiger partial charge in [0.25, 0.3) is 5.91 Å². The number of nitrogens with two attached hydrogens (primary N) is 1. The number of amidine groups is 1. The molecule has 2 aromatic heterocycles. The topological polar surface area (TPSA) is 131 Å². The first-order valence-electron chi connectivity index (χ1n) is 9.17. The molecule has 0 spiro atoms. The fourth-order valence-corrected chi connectivity index (χ4v) is 3.61. The number of nitrogens with zero attached hydrogens (tertiary/aromatic N) is 4. The number of hydrogen-bond acceptors (Lipinski definition) is 8. The number of anilines is 1. The number of H-pyrrole nitrogens is 1. The lowest BCUT2D eigenvalue weighted by Crippen LogP contribution is -2.25. The number of benzene rings is 1. The summed E-state index contributed by atoms with van der Waals surface area (Å²) < 4.78 is 19.9. The lowest BCUT2D eigenvalue weighted by Gasteiger charge is -2.26. The Morgan fingerprint density at radius 1 is 1.32 bits per heavy atom. The van der Waals surface area contributed by atoms with Gasteiger partial charge in [0.1, 0.15) is 29.5 Å². The molecule has 4 N–H and O–H groups in total. The molecule has 0 aliphatic carbocycles. The number of aromatic amines is 1. The molecule has 158 valence electrons. The van der Waals surface area contributed by atoms with Gasteiger partial charge < -0.3 is 20.8 Å². The Morgan fingerprint density at radius 2 is 2.19 bits per heavy atom. The van der Waals surface area contributed by atoms with E-state index in [1.165, 1.54) is 42.4 Å². The van der Waals surface area contributed by atoms with E-state index in [2.05, 4.69) is 30.2 Å². The number of hydrogen-bond donors (Lipinski definition) is 3. The number of halogens is 1. The summed E-state index contributed by atoms with van der Waals surface area (Å²) in [4.78, 5) is 32.0. The Morgan fingerprint density at radius 3 is 2.90 bits per heavy atom. The van der Waals surface area contributed by atoms with Gasteiger partial charge in [0.05, 0.1) is 12.4 Å². The lowest BCUT2D eigenvalue weighted by atomic mass is 9.92. The second-order valence-electron chi connectivity index (χ2n) is 6.73. The van der Waals surface area contributed by atoms with Crippen molar-refractivity contribution in [3.05, 3.63) is 77.4 Å². The number of imidazole rings is 1. The predicted molar refractivity (Wildman–Crippen MR) is 115 cm³/mol. The zero-order valence-electron chi connectivity index (χ0n) is 16.4. The number of ether oxygens (including phenoxy) is 1. The van der Waals surface area contributed by atoms with Crippen molar-refractivity contribution in [1.29, 1.82) is 0 Å². The SMILES string of the molecule is C[C@@]1(c2cc(NC(=O)c3cnc(OCc4ncc[nH]4)cn3)ccc2F)C=CSC(N)=N1. The van der Waals surface area contributed by atoms with Crippen LogP contribution in [0, 0.1) is 5.82 Å². The Hall–Kier alpha value is -3.73. The molecule has 1 atom stereocenters. The largest absolute Gasteiger partial charge is 0.468 e. The molecule has 31 heavy (non-hydrogen) atoms. The molecular weight excluding hydrogens is 421 g/mol. The number of rotatable bonds is 6. The van der Waals surface area contributed by atoms with E-state index in [1.54, 1.807) is 30.8 Å². The second kappa shape index (κ2) is 8.56. The monoisotopic (exact) mass is 439 g/mol.